The number of ketones is 1. The number of H-pyrrole nitrogens is 1. The Morgan fingerprint density at radius 2 is 2.13 bits per heavy atom. The van der Waals surface area contributed by atoms with Gasteiger partial charge in [-0.15, -0.1) is 23.1 Å². The molecule has 0 aliphatic carbocycles. The first kappa shape index (κ1) is 21.8. The van der Waals surface area contributed by atoms with Gasteiger partial charge < -0.3 is 20.1 Å². The molecule has 1 aromatic heterocycles. The molecule has 11 nitrogen and oxygen atoms in total. The van der Waals surface area contributed by atoms with Crippen LogP contribution in [0.15, 0.2) is 16.7 Å². The summed E-state index contributed by atoms with van der Waals surface area (Å²) in [4.78, 5) is 63.0. The number of Topliss-reactive ketones (excluding diaryl/α,β-unsaturated/α-hetero) is 1. The van der Waals surface area contributed by atoms with Gasteiger partial charge in [0.25, 0.3) is 5.91 Å². The number of aromatic nitrogens is 1. The van der Waals surface area contributed by atoms with Crippen molar-refractivity contribution < 1.29 is 33.8 Å². The molecule has 0 saturated carbocycles. The Labute approximate surface area is 178 Å². The third-order valence-electron chi connectivity index (χ3n) is 4.31. The monoisotopic (exact) mass is 454 g/mol. The first-order valence-electron chi connectivity index (χ1n) is 8.73. The van der Waals surface area contributed by atoms with Gasteiger partial charge in [0, 0.05) is 22.4 Å². The van der Waals surface area contributed by atoms with Gasteiger partial charge >= 0.3 is 11.9 Å². The van der Waals surface area contributed by atoms with Crippen molar-refractivity contribution in [1.29, 1.82) is 5.41 Å². The van der Waals surface area contributed by atoms with Gasteiger partial charge in [-0.25, -0.2) is 4.79 Å². The van der Waals surface area contributed by atoms with E-state index in [-0.39, 0.29) is 40.6 Å². The number of carboxylic acid groups (broad SMARTS) is 1. The predicted molar refractivity (Wildman–Crippen MR) is 104 cm³/mol. The highest BCUT2D eigenvalue weighted by atomic mass is 32.2. The van der Waals surface area contributed by atoms with Crippen molar-refractivity contribution in [3.63, 3.8) is 0 Å². The Kier molecular flexibility index (Phi) is 6.41. The third-order valence-corrected chi connectivity index (χ3v) is 6.39. The topological polar surface area (TPSA) is 170 Å². The molecule has 0 aromatic carbocycles. The zero-order valence-electron chi connectivity index (χ0n) is 15.7. The Morgan fingerprint density at radius 3 is 2.73 bits per heavy atom. The molecule has 160 valence electrons. The number of nitrogens with zero attached hydrogens (tertiary/aromatic N) is 1. The number of carbonyl (C=O) groups is 5. The normalized spacial score (nSPS) is 20.3. The summed E-state index contributed by atoms with van der Waals surface area (Å²) in [5.41, 5.74) is 0.521. The Balaban J connectivity index is 1.66. The van der Waals surface area contributed by atoms with Crippen LogP contribution in [0.25, 0.3) is 0 Å². The van der Waals surface area contributed by atoms with Crippen LogP contribution in [0.1, 0.15) is 19.0 Å². The summed E-state index contributed by atoms with van der Waals surface area (Å²) in [6.07, 6.45) is -0.443. The average Bonchev–Trinajstić information content (AvgIpc) is 3.07. The smallest absolute Gasteiger partial charge is 0.352 e. The fourth-order valence-corrected chi connectivity index (χ4v) is 4.95. The minimum Gasteiger partial charge on any atom is -0.477 e. The average molecular weight is 454 g/mol. The number of rotatable bonds is 8. The maximum absolute atomic E-state index is 12.5. The van der Waals surface area contributed by atoms with Crippen LogP contribution >= 0.6 is 23.1 Å². The summed E-state index contributed by atoms with van der Waals surface area (Å²) in [6.45, 7) is 0.900. The third kappa shape index (κ3) is 4.62. The van der Waals surface area contributed by atoms with Gasteiger partial charge in [-0.05, 0) is 6.92 Å². The molecule has 1 saturated heterocycles. The Hall–Kier alpha value is -2.93. The Morgan fingerprint density at radius 1 is 1.40 bits per heavy atom. The number of β-lactam (4-membered cyclic amide) rings is 1. The van der Waals surface area contributed by atoms with E-state index in [0.717, 1.165) is 16.2 Å². The van der Waals surface area contributed by atoms with Gasteiger partial charge in [0.1, 0.15) is 35.9 Å². The number of esters is 1. The maximum Gasteiger partial charge on any atom is 0.352 e. The van der Waals surface area contributed by atoms with E-state index in [1.165, 1.54) is 18.7 Å². The van der Waals surface area contributed by atoms with E-state index >= 15 is 0 Å². The molecule has 30 heavy (non-hydrogen) atoms. The lowest BCUT2D eigenvalue weighted by molar-refractivity contribution is -0.151. The summed E-state index contributed by atoms with van der Waals surface area (Å²) < 4.78 is 4.96. The molecule has 13 heteroatoms. The van der Waals surface area contributed by atoms with Crippen LogP contribution in [-0.2, 0) is 35.1 Å². The van der Waals surface area contributed by atoms with Crippen molar-refractivity contribution in [2.24, 2.45) is 0 Å². The minimum absolute atomic E-state index is 0.0322. The summed E-state index contributed by atoms with van der Waals surface area (Å²) >= 11 is 2.39. The first-order chi connectivity index (χ1) is 14.2. The van der Waals surface area contributed by atoms with E-state index in [9.17, 15) is 29.1 Å². The Bertz CT molecular complexity index is 1010. The van der Waals surface area contributed by atoms with Crippen molar-refractivity contribution >= 4 is 52.6 Å². The molecule has 2 aliphatic rings. The van der Waals surface area contributed by atoms with Crippen LogP contribution in [0.5, 0.6) is 0 Å². The molecule has 2 amide bonds. The summed E-state index contributed by atoms with van der Waals surface area (Å²) in [5.74, 6) is -3.29. The largest absolute Gasteiger partial charge is 0.477 e. The molecular weight excluding hydrogens is 436 g/mol. The quantitative estimate of drug-likeness (QED) is 0.228. The van der Waals surface area contributed by atoms with Gasteiger partial charge in [0.2, 0.25) is 5.91 Å². The molecule has 2 atom stereocenters. The van der Waals surface area contributed by atoms with Gasteiger partial charge in [-0.3, -0.25) is 29.5 Å². The van der Waals surface area contributed by atoms with Crippen molar-refractivity contribution in [2.45, 2.75) is 31.2 Å². The standard InChI is InChI=1S/C17H18N4O7S2/c1-7(22)2-11(24)28-4-8-5-29-15-12(14(25)21(15)13(8)16(26)27)20-10(23)3-9-6-30-17(18)19-9/h6,12,15H,2-5H2,1H3,(H2,18,19)(H,20,23)(H,26,27)/t12?,15-/m0/s1. The van der Waals surface area contributed by atoms with Crippen molar-refractivity contribution in [1.82, 2.24) is 15.2 Å². The number of carboxylic acids is 1. The second-order valence-corrected chi connectivity index (χ2v) is 8.63. The number of ether oxygens (including phenoxy) is 1. The van der Waals surface area contributed by atoms with Crippen LogP contribution in [0.2, 0.25) is 0 Å². The van der Waals surface area contributed by atoms with Gasteiger partial charge in [-0.1, -0.05) is 0 Å². The number of nitrogens with one attached hydrogen (secondary N) is 3. The first-order valence-corrected chi connectivity index (χ1v) is 10.7. The molecule has 4 N–H and O–H groups in total. The number of amides is 2. The lowest BCUT2D eigenvalue weighted by Crippen LogP contribution is -2.70. The van der Waals surface area contributed by atoms with Crippen LogP contribution in [0, 0.1) is 5.41 Å². The van der Waals surface area contributed by atoms with E-state index in [1.807, 2.05) is 0 Å². The van der Waals surface area contributed by atoms with E-state index in [4.69, 9.17) is 10.1 Å². The van der Waals surface area contributed by atoms with Crippen LogP contribution in [0.4, 0.5) is 0 Å². The van der Waals surface area contributed by atoms with Crippen LogP contribution in [-0.4, -0.2) is 68.3 Å². The van der Waals surface area contributed by atoms with Crippen molar-refractivity contribution in [3.05, 3.63) is 27.1 Å². The zero-order valence-corrected chi connectivity index (χ0v) is 17.4. The van der Waals surface area contributed by atoms with Crippen LogP contribution < -0.4 is 10.1 Å². The highest BCUT2D eigenvalue weighted by molar-refractivity contribution is 8.00. The van der Waals surface area contributed by atoms with Crippen molar-refractivity contribution in [2.75, 3.05) is 12.4 Å². The second-order valence-electron chi connectivity index (χ2n) is 6.64. The SMILES string of the molecule is CC(=O)CC(=O)OCC1=C(C(=O)O)N2C(=O)C(NC(=O)Cc3csc(=N)[nH]3)[C@@H]2SC1. The lowest BCUT2D eigenvalue weighted by Gasteiger charge is -2.49. The number of hydrogen-bond acceptors (Lipinski definition) is 9. The second kappa shape index (κ2) is 8.83. The summed E-state index contributed by atoms with van der Waals surface area (Å²) in [7, 11) is 0. The number of thiazole rings is 1. The molecule has 0 radical (unpaired) electrons. The molecule has 3 heterocycles. The summed E-state index contributed by atoms with van der Waals surface area (Å²) in [5, 5.41) is 20.7. The molecule has 0 spiro atoms. The minimum atomic E-state index is -1.34. The van der Waals surface area contributed by atoms with E-state index in [1.54, 1.807) is 5.38 Å². The predicted octanol–water partition coefficient (Wildman–Crippen LogP) is -0.641. The lowest BCUT2D eigenvalue weighted by atomic mass is 10.0. The molecule has 3 rings (SSSR count). The maximum atomic E-state index is 12.5. The zero-order chi connectivity index (χ0) is 22.0. The number of aliphatic carboxylic acids is 1. The molecule has 1 unspecified atom stereocenters. The van der Waals surface area contributed by atoms with Gasteiger partial charge in [0.05, 0.1) is 6.42 Å². The van der Waals surface area contributed by atoms with Gasteiger partial charge in [-0.2, -0.15) is 0 Å². The van der Waals surface area contributed by atoms with Gasteiger partial charge in [0.15, 0.2) is 4.80 Å². The number of aromatic amines is 1. The highest BCUT2D eigenvalue weighted by Crippen LogP contribution is 2.40. The number of thioether (sulfide) groups is 1. The molecule has 1 aromatic rings. The van der Waals surface area contributed by atoms with E-state index in [2.05, 4.69) is 10.3 Å². The number of fused-ring (bicyclic) bond motifs is 1. The highest BCUT2D eigenvalue weighted by Gasteiger charge is 2.54. The van der Waals surface area contributed by atoms with E-state index in [0.29, 0.717) is 5.69 Å². The van der Waals surface area contributed by atoms with Crippen molar-refractivity contribution in [3.8, 4) is 0 Å². The van der Waals surface area contributed by atoms with E-state index < -0.39 is 41.6 Å². The molecule has 1 fully saturated rings. The molecular formula is C17H18N4O7S2. The summed E-state index contributed by atoms with van der Waals surface area (Å²) in [6, 6.07) is -0.868. The van der Waals surface area contributed by atoms with Crippen LogP contribution in [0.3, 0.4) is 0 Å². The fraction of sp³-hybridized carbons (Fsp3) is 0.412. The fourth-order valence-electron chi connectivity index (χ4n) is 3.03. The number of carbonyl (C=O) groups excluding carboxylic acids is 4. The molecule has 0 bridgehead atoms. The number of hydrogen-bond donors (Lipinski definition) is 4. The molecule has 2 aliphatic heterocycles.